The van der Waals surface area contributed by atoms with Gasteiger partial charge in [-0.15, -0.1) is 0 Å². The fraction of sp³-hybridized carbons (Fsp3) is 0.235. The van der Waals surface area contributed by atoms with E-state index in [0.29, 0.717) is 9.92 Å². The second-order valence-electron chi connectivity index (χ2n) is 5.53. The fourth-order valence-electron chi connectivity index (χ4n) is 1.85. The Kier molecular flexibility index (Phi) is 4.96. The number of hydrogen-bond donors (Lipinski definition) is 0. The lowest BCUT2D eigenvalue weighted by Gasteiger charge is -2.19. The van der Waals surface area contributed by atoms with Gasteiger partial charge in [0.15, 0.2) is 11.0 Å². The molecule has 0 aliphatic heterocycles. The van der Waals surface area contributed by atoms with Crippen molar-refractivity contribution in [2.45, 2.75) is 31.1 Å². The predicted molar refractivity (Wildman–Crippen MR) is 90.6 cm³/mol. The van der Waals surface area contributed by atoms with Crippen LogP contribution in [0.5, 0.6) is 0 Å². The molecule has 2 aromatic rings. The monoisotopic (exact) mass is 319 g/mol. The Morgan fingerprint density at radius 3 is 2.19 bits per heavy atom. The molecule has 0 heterocycles. The molecule has 0 fully saturated rings. The molecule has 0 spiro atoms. The lowest BCUT2D eigenvalue weighted by Crippen LogP contribution is -2.19. The molecule has 0 saturated heterocycles. The van der Waals surface area contributed by atoms with Crippen LogP contribution in [-0.4, -0.2) is 10.4 Å². The van der Waals surface area contributed by atoms with E-state index in [9.17, 15) is 4.21 Å². The largest absolute Gasteiger partial charge is 0.230 e. The standard InChI is InChI=1S/C17H18ClNOS/c1-13-4-10-16(11-5-13)21(20)19-12-17(2,3)14-6-8-15(18)9-7-14/h4-12H,1-3H3/b19-12+. The normalized spacial score (nSPS) is 13.5. The summed E-state index contributed by atoms with van der Waals surface area (Å²) in [6, 6.07) is 15.2. The first-order valence-corrected chi connectivity index (χ1v) is 8.17. The maximum atomic E-state index is 12.2. The molecule has 1 unspecified atom stereocenters. The zero-order valence-electron chi connectivity index (χ0n) is 12.3. The van der Waals surface area contributed by atoms with Crippen molar-refractivity contribution in [1.82, 2.24) is 0 Å². The third-order valence-electron chi connectivity index (χ3n) is 3.28. The molecule has 1 atom stereocenters. The molecular weight excluding hydrogens is 302 g/mol. The third kappa shape index (κ3) is 4.26. The second kappa shape index (κ2) is 6.54. The number of aryl methyl sites for hydroxylation is 1. The first-order chi connectivity index (χ1) is 9.88. The Morgan fingerprint density at radius 1 is 1.05 bits per heavy atom. The van der Waals surface area contributed by atoms with Crippen LogP contribution in [0.3, 0.4) is 0 Å². The molecule has 0 radical (unpaired) electrons. The molecule has 2 nitrogen and oxygen atoms in total. The molecule has 0 aliphatic carbocycles. The Hall–Kier alpha value is -1.45. The molecule has 0 aliphatic rings. The Morgan fingerprint density at radius 2 is 1.62 bits per heavy atom. The highest BCUT2D eigenvalue weighted by molar-refractivity contribution is 7.83. The Balaban J connectivity index is 2.17. The summed E-state index contributed by atoms with van der Waals surface area (Å²) in [6.45, 7) is 6.07. The number of benzene rings is 2. The van der Waals surface area contributed by atoms with Crippen LogP contribution >= 0.6 is 11.6 Å². The zero-order valence-corrected chi connectivity index (χ0v) is 13.9. The van der Waals surface area contributed by atoms with Crippen LogP contribution in [-0.2, 0) is 16.4 Å². The highest BCUT2D eigenvalue weighted by atomic mass is 35.5. The molecular formula is C17H18ClNOS. The molecule has 0 N–H and O–H groups in total. The van der Waals surface area contributed by atoms with E-state index in [1.165, 1.54) is 0 Å². The predicted octanol–water partition coefficient (Wildman–Crippen LogP) is 4.72. The summed E-state index contributed by atoms with van der Waals surface area (Å²) < 4.78 is 16.4. The van der Waals surface area contributed by atoms with Crippen LogP contribution in [0.15, 0.2) is 57.8 Å². The van der Waals surface area contributed by atoms with Crippen molar-refractivity contribution in [1.29, 1.82) is 0 Å². The molecule has 0 aromatic heterocycles. The number of nitrogens with zero attached hydrogens (tertiary/aromatic N) is 1. The minimum Gasteiger partial charge on any atom is -0.230 e. The van der Waals surface area contributed by atoms with E-state index in [2.05, 4.69) is 4.40 Å². The molecule has 0 saturated carbocycles. The summed E-state index contributed by atoms with van der Waals surface area (Å²) in [5.74, 6) is 0. The molecule has 0 bridgehead atoms. The van der Waals surface area contributed by atoms with Gasteiger partial charge >= 0.3 is 0 Å². The van der Waals surface area contributed by atoms with Gasteiger partial charge in [0.05, 0.1) is 4.90 Å². The molecule has 4 heteroatoms. The van der Waals surface area contributed by atoms with Crippen molar-refractivity contribution in [3.8, 4) is 0 Å². The van der Waals surface area contributed by atoms with Crippen molar-refractivity contribution in [2.24, 2.45) is 4.40 Å². The van der Waals surface area contributed by atoms with E-state index < -0.39 is 11.0 Å². The quantitative estimate of drug-likeness (QED) is 0.750. The van der Waals surface area contributed by atoms with E-state index in [1.54, 1.807) is 6.21 Å². The minimum absolute atomic E-state index is 0.301. The van der Waals surface area contributed by atoms with Gasteiger partial charge in [0.2, 0.25) is 0 Å². The van der Waals surface area contributed by atoms with Gasteiger partial charge in [-0.1, -0.05) is 55.3 Å². The lowest BCUT2D eigenvalue weighted by molar-refractivity contribution is 0.683. The fourth-order valence-corrected chi connectivity index (χ4v) is 2.83. The average molecular weight is 320 g/mol. The van der Waals surface area contributed by atoms with Gasteiger partial charge in [-0.3, -0.25) is 0 Å². The van der Waals surface area contributed by atoms with Crippen molar-refractivity contribution >= 4 is 28.8 Å². The van der Waals surface area contributed by atoms with E-state index in [4.69, 9.17) is 11.6 Å². The summed E-state index contributed by atoms with van der Waals surface area (Å²) in [4.78, 5) is 0.712. The van der Waals surface area contributed by atoms with E-state index >= 15 is 0 Å². The van der Waals surface area contributed by atoms with Gasteiger partial charge in [-0.05, 0) is 36.8 Å². The van der Waals surface area contributed by atoms with Gasteiger partial charge in [0.1, 0.15) is 0 Å². The minimum atomic E-state index is -1.37. The first-order valence-electron chi connectivity index (χ1n) is 6.68. The Bertz CT molecular complexity index is 660. The molecule has 2 aromatic carbocycles. The summed E-state index contributed by atoms with van der Waals surface area (Å²) in [5, 5.41) is 0.703. The second-order valence-corrected chi connectivity index (χ2v) is 7.14. The number of rotatable bonds is 4. The highest BCUT2D eigenvalue weighted by Gasteiger charge is 2.18. The molecule has 0 amide bonds. The van der Waals surface area contributed by atoms with E-state index in [1.807, 2.05) is 69.3 Å². The number of hydrogen-bond acceptors (Lipinski definition) is 1. The average Bonchev–Trinajstić information content (AvgIpc) is 2.46. The van der Waals surface area contributed by atoms with Crippen LogP contribution in [0.4, 0.5) is 0 Å². The van der Waals surface area contributed by atoms with Gasteiger partial charge in [-0.2, -0.15) is 4.40 Å². The maximum absolute atomic E-state index is 12.2. The van der Waals surface area contributed by atoms with Crippen molar-refractivity contribution < 1.29 is 4.21 Å². The van der Waals surface area contributed by atoms with Crippen LogP contribution < -0.4 is 0 Å². The lowest BCUT2D eigenvalue weighted by atomic mass is 9.86. The number of halogens is 1. The summed E-state index contributed by atoms with van der Waals surface area (Å²) in [6.07, 6.45) is 1.74. The van der Waals surface area contributed by atoms with Gasteiger partial charge in [0.25, 0.3) is 0 Å². The van der Waals surface area contributed by atoms with Crippen LogP contribution in [0.2, 0.25) is 5.02 Å². The van der Waals surface area contributed by atoms with Crippen LogP contribution in [0, 0.1) is 6.92 Å². The summed E-state index contributed by atoms with van der Waals surface area (Å²) >= 11 is 5.90. The molecule has 21 heavy (non-hydrogen) atoms. The summed E-state index contributed by atoms with van der Waals surface area (Å²) in [7, 11) is -1.37. The van der Waals surface area contributed by atoms with Crippen molar-refractivity contribution in [3.63, 3.8) is 0 Å². The van der Waals surface area contributed by atoms with Crippen LogP contribution in [0.25, 0.3) is 0 Å². The first kappa shape index (κ1) is 15.9. The smallest absolute Gasteiger partial charge is 0.172 e. The maximum Gasteiger partial charge on any atom is 0.172 e. The van der Waals surface area contributed by atoms with E-state index in [-0.39, 0.29) is 5.41 Å². The third-order valence-corrected chi connectivity index (χ3v) is 4.51. The zero-order chi connectivity index (χ0) is 15.5. The van der Waals surface area contributed by atoms with Gasteiger partial charge in [0, 0.05) is 16.7 Å². The SMILES string of the molecule is Cc1ccc(S(=O)/N=C/C(C)(C)c2ccc(Cl)cc2)cc1. The topological polar surface area (TPSA) is 29.4 Å². The van der Waals surface area contributed by atoms with Crippen molar-refractivity contribution in [2.75, 3.05) is 0 Å². The summed E-state index contributed by atoms with van der Waals surface area (Å²) in [5.41, 5.74) is 1.92. The highest BCUT2D eigenvalue weighted by Crippen LogP contribution is 2.23. The molecule has 110 valence electrons. The van der Waals surface area contributed by atoms with Gasteiger partial charge in [-0.25, -0.2) is 4.21 Å². The van der Waals surface area contributed by atoms with Crippen LogP contribution in [0.1, 0.15) is 25.0 Å². The molecule has 2 rings (SSSR count). The van der Waals surface area contributed by atoms with Gasteiger partial charge < -0.3 is 0 Å². The Labute approximate surface area is 133 Å². The van der Waals surface area contributed by atoms with E-state index in [0.717, 1.165) is 11.1 Å². The van der Waals surface area contributed by atoms with Crippen molar-refractivity contribution in [3.05, 3.63) is 64.7 Å².